The van der Waals surface area contributed by atoms with Gasteiger partial charge in [0.1, 0.15) is 0 Å². The van der Waals surface area contributed by atoms with Gasteiger partial charge in [0.05, 0.1) is 24.2 Å². The van der Waals surface area contributed by atoms with Gasteiger partial charge in [-0.15, -0.1) is 0 Å². The first-order chi connectivity index (χ1) is 8.03. The number of piperidine rings is 1. The van der Waals surface area contributed by atoms with Crippen molar-refractivity contribution in [1.82, 2.24) is 14.1 Å². The summed E-state index contributed by atoms with van der Waals surface area (Å²) in [6.45, 7) is 2.72. The van der Waals surface area contributed by atoms with E-state index in [1.165, 1.54) is 10.5 Å². The van der Waals surface area contributed by atoms with Crippen LogP contribution in [0, 0.1) is 0 Å². The lowest BCUT2D eigenvalue weighted by Gasteiger charge is -2.30. The maximum atomic E-state index is 11.7. The summed E-state index contributed by atoms with van der Waals surface area (Å²) in [6, 6.07) is 0.180. The molecule has 1 aliphatic heterocycles. The third-order valence-electron chi connectivity index (χ3n) is 3.14. The molecule has 1 N–H and O–H groups in total. The first-order valence-corrected chi connectivity index (χ1v) is 7.35. The van der Waals surface area contributed by atoms with E-state index in [2.05, 4.69) is 5.10 Å². The van der Waals surface area contributed by atoms with Crippen molar-refractivity contribution in [3.05, 3.63) is 12.4 Å². The summed E-state index contributed by atoms with van der Waals surface area (Å²) in [5, 5.41) is 13.3. The molecule has 0 radical (unpaired) electrons. The molecule has 7 heteroatoms. The fourth-order valence-electron chi connectivity index (χ4n) is 2.10. The van der Waals surface area contributed by atoms with Crippen molar-refractivity contribution in [2.75, 3.05) is 18.8 Å². The van der Waals surface area contributed by atoms with E-state index in [1.54, 1.807) is 17.8 Å². The molecule has 2 rings (SSSR count). The quantitative estimate of drug-likeness (QED) is 0.861. The number of aromatic nitrogens is 2. The highest BCUT2D eigenvalue weighted by Crippen LogP contribution is 2.24. The van der Waals surface area contributed by atoms with Gasteiger partial charge in [-0.3, -0.25) is 4.68 Å². The van der Waals surface area contributed by atoms with Gasteiger partial charge in [0, 0.05) is 13.1 Å². The number of rotatable bonds is 3. The summed E-state index contributed by atoms with van der Waals surface area (Å²) in [5.74, 6) is 0.300. The number of hydrogen-bond acceptors (Lipinski definition) is 4. The minimum atomic E-state index is -3.07. The van der Waals surface area contributed by atoms with Gasteiger partial charge in [-0.1, -0.05) is 0 Å². The van der Waals surface area contributed by atoms with Crippen molar-refractivity contribution in [1.29, 1.82) is 0 Å². The summed E-state index contributed by atoms with van der Waals surface area (Å²) in [7, 11) is -3.07. The number of nitrogens with zero attached hydrogens (tertiary/aromatic N) is 3. The van der Waals surface area contributed by atoms with Gasteiger partial charge in [-0.25, -0.2) is 12.7 Å². The highest BCUT2D eigenvalue weighted by molar-refractivity contribution is 7.89. The van der Waals surface area contributed by atoms with Crippen molar-refractivity contribution < 1.29 is 13.5 Å². The normalized spacial score (nSPS) is 19.6. The van der Waals surface area contributed by atoms with E-state index in [9.17, 15) is 13.5 Å². The van der Waals surface area contributed by atoms with Crippen molar-refractivity contribution in [2.24, 2.45) is 0 Å². The first kappa shape index (κ1) is 12.4. The largest absolute Gasteiger partial charge is 0.505 e. The Balaban J connectivity index is 1.99. The second kappa shape index (κ2) is 4.66. The van der Waals surface area contributed by atoms with Crippen LogP contribution in [-0.2, 0) is 10.0 Å². The van der Waals surface area contributed by atoms with Crippen LogP contribution in [0.5, 0.6) is 5.75 Å². The molecule has 1 aromatic heterocycles. The Kier molecular flexibility index (Phi) is 3.39. The third-order valence-corrected chi connectivity index (χ3v) is 5.03. The standard InChI is InChI=1S/C10H17N3O3S/c1-2-17(15,16)12-5-3-9(4-6-12)13-8-10(14)7-11-13/h7-9,14H,2-6H2,1H3. The molecular formula is C10H17N3O3S. The van der Waals surface area contributed by atoms with Crippen LogP contribution in [-0.4, -0.2) is 46.5 Å². The van der Waals surface area contributed by atoms with Crippen molar-refractivity contribution >= 4 is 10.0 Å². The predicted molar refractivity (Wildman–Crippen MR) is 63.2 cm³/mol. The van der Waals surface area contributed by atoms with E-state index in [-0.39, 0.29) is 17.5 Å². The molecule has 0 aliphatic carbocycles. The molecule has 0 atom stereocenters. The van der Waals surface area contributed by atoms with E-state index >= 15 is 0 Å². The predicted octanol–water partition coefficient (Wildman–Crippen LogP) is 0.575. The van der Waals surface area contributed by atoms with Crippen molar-refractivity contribution in [3.8, 4) is 5.75 Å². The average molecular weight is 259 g/mol. The van der Waals surface area contributed by atoms with E-state index in [4.69, 9.17) is 0 Å². The Morgan fingerprint density at radius 1 is 1.47 bits per heavy atom. The lowest BCUT2D eigenvalue weighted by Crippen LogP contribution is -2.39. The summed E-state index contributed by atoms with van der Waals surface area (Å²) < 4.78 is 26.6. The third kappa shape index (κ3) is 2.61. The molecule has 96 valence electrons. The Hall–Kier alpha value is -1.08. The molecule has 0 spiro atoms. The highest BCUT2D eigenvalue weighted by atomic mass is 32.2. The number of aromatic hydroxyl groups is 1. The smallest absolute Gasteiger partial charge is 0.213 e. The van der Waals surface area contributed by atoms with E-state index in [0.29, 0.717) is 13.1 Å². The van der Waals surface area contributed by atoms with Crippen LogP contribution >= 0.6 is 0 Å². The first-order valence-electron chi connectivity index (χ1n) is 5.74. The van der Waals surface area contributed by atoms with Gasteiger partial charge in [-0.2, -0.15) is 5.10 Å². The molecule has 0 amide bonds. The molecule has 6 nitrogen and oxygen atoms in total. The number of sulfonamides is 1. The molecule has 0 unspecified atom stereocenters. The molecular weight excluding hydrogens is 242 g/mol. The molecule has 0 aromatic carbocycles. The molecule has 0 saturated carbocycles. The summed E-state index contributed by atoms with van der Waals surface area (Å²) >= 11 is 0. The molecule has 1 saturated heterocycles. The maximum absolute atomic E-state index is 11.7. The second-order valence-corrected chi connectivity index (χ2v) is 6.47. The molecule has 0 bridgehead atoms. The van der Waals surface area contributed by atoms with E-state index in [1.807, 2.05) is 0 Å². The highest BCUT2D eigenvalue weighted by Gasteiger charge is 2.27. The fraction of sp³-hybridized carbons (Fsp3) is 0.700. The zero-order chi connectivity index (χ0) is 12.5. The average Bonchev–Trinajstić information content (AvgIpc) is 2.76. The lowest BCUT2D eigenvalue weighted by atomic mass is 10.1. The van der Waals surface area contributed by atoms with Gasteiger partial charge in [-0.05, 0) is 19.8 Å². The zero-order valence-corrected chi connectivity index (χ0v) is 10.6. The Morgan fingerprint density at radius 3 is 2.59 bits per heavy atom. The summed E-state index contributed by atoms with van der Waals surface area (Å²) in [5.41, 5.74) is 0. The Bertz CT molecular complexity index is 475. The van der Waals surface area contributed by atoms with Crippen LogP contribution in [0.1, 0.15) is 25.8 Å². The molecule has 1 aromatic rings. The molecule has 2 heterocycles. The van der Waals surface area contributed by atoms with Crippen LogP contribution in [0.2, 0.25) is 0 Å². The SMILES string of the molecule is CCS(=O)(=O)N1CCC(n2cc(O)cn2)CC1. The van der Waals surface area contributed by atoms with Crippen molar-refractivity contribution in [2.45, 2.75) is 25.8 Å². The van der Waals surface area contributed by atoms with Gasteiger partial charge in [0.15, 0.2) is 5.75 Å². The topological polar surface area (TPSA) is 75.4 Å². The van der Waals surface area contributed by atoms with Gasteiger partial charge < -0.3 is 5.11 Å². The van der Waals surface area contributed by atoms with Gasteiger partial charge >= 0.3 is 0 Å². The summed E-state index contributed by atoms with van der Waals surface area (Å²) in [6.07, 6.45) is 4.45. The second-order valence-electron chi connectivity index (χ2n) is 4.21. The van der Waals surface area contributed by atoms with Crippen LogP contribution in [0.25, 0.3) is 0 Å². The fourth-order valence-corrected chi connectivity index (χ4v) is 3.23. The van der Waals surface area contributed by atoms with E-state index < -0.39 is 10.0 Å². The van der Waals surface area contributed by atoms with Gasteiger partial charge in [0.25, 0.3) is 0 Å². The Morgan fingerprint density at radius 2 is 2.12 bits per heavy atom. The molecule has 17 heavy (non-hydrogen) atoms. The zero-order valence-electron chi connectivity index (χ0n) is 9.78. The van der Waals surface area contributed by atoms with Gasteiger partial charge in [0.2, 0.25) is 10.0 Å². The van der Waals surface area contributed by atoms with Crippen LogP contribution in [0.4, 0.5) is 0 Å². The Labute approximate surface area is 101 Å². The van der Waals surface area contributed by atoms with Crippen molar-refractivity contribution in [3.63, 3.8) is 0 Å². The molecule has 1 fully saturated rings. The number of hydrogen-bond donors (Lipinski definition) is 1. The minimum absolute atomic E-state index is 0.147. The summed E-state index contributed by atoms with van der Waals surface area (Å²) in [4.78, 5) is 0. The monoisotopic (exact) mass is 259 g/mol. The lowest BCUT2D eigenvalue weighted by molar-refractivity contribution is 0.261. The van der Waals surface area contributed by atoms with E-state index in [0.717, 1.165) is 12.8 Å². The van der Waals surface area contributed by atoms with Crippen LogP contribution in [0.3, 0.4) is 0 Å². The molecule has 1 aliphatic rings. The maximum Gasteiger partial charge on any atom is 0.213 e. The minimum Gasteiger partial charge on any atom is -0.505 e. The van der Waals surface area contributed by atoms with Crippen LogP contribution < -0.4 is 0 Å². The van der Waals surface area contributed by atoms with Crippen LogP contribution in [0.15, 0.2) is 12.4 Å².